The molecule has 0 radical (unpaired) electrons. The molecule has 0 aliphatic heterocycles. The van der Waals surface area contributed by atoms with Crippen LogP contribution >= 0.6 is 0 Å². The van der Waals surface area contributed by atoms with Gasteiger partial charge in [-0.15, -0.1) is 0 Å². The first-order valence-electron chi connectivity index (χ1n) is 6.08. The van der Waals surface area contributed by atoms with Crippen LogP contribution in [0, 0.1) is 20.8 Å². The molecule has 0 atom stereocenters. The van der Waals surface area contributed by atoms with Crippen molar-refractivity contribution < 1.29 is 9.59 Å². The Kier molecular flexibility index (Phi) is 3.14. The number of hydrogen-bond donors (Lipinski definition) is 0. The number of Topliss-reactive ketones (excluding diaryl/α,β-unsaturated/α-hetero) is 2. The van der Waals surface area contributed by atoms with Gasteiger partial charge >= 0.3 is 0 Å². The highest BCUT2D eigenvalue weighted by molar-refractivity contribution is 6.02. The first-order chi connectivity index (χ1) is 7.97. The Morgan fingerprint density at radius 3 is 2.00 bits per heavy atom. The topological polar surface area (TPSA) is 34.1 Å². The first-order valence-corrected chi connectivity index (χ1v) is 6.08. The monoisotopic (exact) mass is 230 g/mol. The van der Waals surface area contributed by atoms with Gasteiger partial charge in [-0.05, 0) is 48.9 Å². The van der Waals surface area contributed by atoms with Gasteiger partial charge in [0.2, 0.25) is 0 Å². The van der Waals surface area contributed by atoms with Crippen LogP contribution in [0.2, 0.25) is 0 Å². The van der Waals surface area contributed by atoms with Crippen molar-refractivity contribution in [3.05, 3.63) is 34.4 Å². The van der Waals surface area contributed by atoms with Crippen LogP contribution in [-0.2, 0) is 9.59 Å². The van der Waals surface area contributed by atoms with Crippen LogP contribution < -0.4 is 0 Å². The molecule has 1 aliphatic carbocycles. The summed E-state index contributed by atoms with van der Waals surface area (Å²) in [6.07, 6.45) is 1.19. The van der Waals surface area contributed by atoms with Crippen molar-refractivity contribution >= 4 is 11.6 Å². The molecule has 1 fully saturated rings. The second kappa shape index (κ2) is 4.44. The number of carbonyl (C=O) groups is 2. The maximum absolute atomic E-state index is 11.5. The zero-order valence-electron chi connectivity index (χ0n) is 10.7. The Labute approximate surface area is 102 Å². The highest BCUT2D eigenvalue weighted by atomic mass is 16.1. The molecule has 0 aromatic heterocycles. The van der Waals surface area contributed by atoms with E-state index < -0.39 is 0 Å². The average Bonchev–Trinajstić information content (AvgIpc) is 2.22. The number of carbonyl (C=O) groups excluding carboxylic acids is 2. The molecule has 0 spiro atoms. The fourth-order valence-corrected chi connectivity index (χ4v) is 2.63. The molecular formula is C15H18O2. The molecule has 0 amide bonds. The van der Waals surface area contributed by atoms with Crippen molar-refractivity contribution in [3.8, 4) is 0 Å². The summed E-state index contributed by atoms with van der Waals surface area (Å²) in [5.74, 6) is 0.274. The zero-order chi connectivity index (χ0) is 12.6. The molecule has 2 rings (SSSR count). The molecule has 2 nitrogen and oxygen atoms in total. The van der Waals surface area contributed by atoms with Gasteiger partial charge in [0, 0.05) is 12.8 Å². The predicted molar refractivity (Wildman–Crippen MR) is 67.3 cm³/mol. The Balaban J connectivity index is 2.36. The van der Waals surface area contributed by atoms with Gasteiger partial charge in [0.05, 0.1) is 6.42 Å². The van der Waals surface area contributed by atoms with E-state index in [0.717, 1.165) is 0 Å². The summed E-state index contributed by atoms with van der Waals surface area (Å²) in [7, 11) is 0. The summed E-state index contributed by atoms with van der Waals surface area (Å²) < 4.78 is 0. The molecule has 0 saturated heterocycles. The largest absolute Gasteiger partial charge is 0.299 e. The second-order valence-electron chi connectivity index (χ2n) is 5.15. The zero-order valence-corrected chi connectivity index (χ0v) is 10.7. The van der Waals surface area contributed by atoms with Crippen molar-refractivity contribution in [2.75, 3.05) is 0 Å². The molecule has 1 saturated carbocycles. The molecule has 1 aliphatic rings. The number of ketones is 2. The number of rotatable bonds is 1. The minimum atomic E-state index is 0.0869. The molecule has 17 heavy (non-hydrogen) atoms. The quantitative estimate of drug-likeness (QED) is 0.695. The minimum absolute atomic E-state index is 0.0869. The van der Waals surface area contributed by atoms with Crippen LogP contribution in [0.15, 0.2) is 12.1 Å². The van der Waals surface area contributed by atoms with Crippen LogP contribution in [0.25, 0.3) is 0 Å². The normalized spacial score (nSPS) is 17.6. The van der Waals surface area contributed by atoms with E-state index in [1.165, 1.54) is 22.3 Å². The third-order valence-electron chi connectivity index (χ3n) is 3.66. The third kappa shape index (κ3) is 2.46. The van der Waals surface area contributed by atoms with E-state index in [0.29, 0.717) is 12.8 Å². The highest BCUT2D eigenvalue weighted by Crippen LogP contribution is 2.32. The summed E-state index contributed by atoms with van der Waals surface area (Å²) in [6, 6.07) is 4.29. The van der Waals surface area contributed by atoms with Gasteiger partial charge in [-0.25, -0.2) is 0 Å². The van der Waals surface area contributed by atoms with E-state index >= 15 is 0 Å². The second-order valence-corrected chi connectivity index (χ2v) is 5.15. The van der Waals surface area contributed by atoms with E-state index in [2.05, 4.69) is 32.9 Å². The fraction of sp³-hybridized carbons (Fsp3) is 0.467. The lowest BCUT2D eigenvalue weighted by atomic mass is 9.80. The van der Waals surface area contributed by atoms with Gasteiger partial charge in [0.25, 0.3) is 0 Å². The Morgan fingerprint density at radius 2 is 1.41 bits per heavy atom. The van der Waals surface area contributed by atoms with Crippen molar-refractivity contribution in [1.29, 1.82) is 0 Å². The van der Waals surface area contributed by atoms with E-state index in [9.17, 15) is 9.59 Å². The molecule has 0 N–H and O–H groups in total. The first kappa shape index (κ1) is 12.0. The maximum Gasteiger partial charge on any atom is 0.140 e. The van der Waals surface area contributed by atoms with Crippen molar-refractivity contribution in [1.82, 2.24) is 0 Å². The number of benzene rings is 1. The van der Waals surface area contributed by atoms with E-state index in [1.807, 2.05) is 0 Å². The minimum Gasteiger partial charge on any atom is -0.299 e. The van der Waals surface area contributed by atoms with Crippen molar-refractivity contribution in [3.63, 3.8) is 0 Å². The van der Waals surface area contributed by atoms with E-state index in [-0.39, 0.29) is 23.9 Å². The third-order valence-corrected chi connectivity index (χ3v) is 3.66. The lowest BCUT2D eigenvalue weighted by Gasteiger charge is -2.23. The van der Waals surface area contributed by atoms with Crippen LogP contribution in [0.4, 0.5) is 0 Å². The van der Waals surface area contributed by atoms with E-state index in [1.54, 1.807) is 0 Å². The molecule has 2 heteroatoms. The standard InChI is InChI=1S/C15H18O2/c1-9-4-11(3)15(5-10(9)2)12-6-13(16)8-14(17)7-12/h4-5,12H,6-8H2,1-3H3. The average molecular weight is 230 g/mol. The fourth-order valence-electron chi connectivity index (χ4n) is 2.63. The molecule has 0 heterocycles. The molecule has 1 aromatic rings. The highest BCUT2D eigenvalue weighted by Gasteiger charge is 2.27. The van der Waals surface area contributed by atoms with Gasteiger partial charge in [-0.3, -0.25) is 9.59 Å². The van der Waals surface area contributed by atoms with Crippen LogP contribution in [0.3, 0.4) is 0 Å². The summed E-state index contributed by atoms with van der Waals surface area (Å²) in [6.45, 7) is 6.22. The summed E-state index contributed by atoms with van der Waals surface area (Å²) >= 11 is 0. The molecule has 0 unspecified atom stereocenters. The van der Waals surface area contributed by atoms with Crippen molar-refractivity contribution in [2.24, 2.45) is 0 Å². The maximum atomic E-state index is 11.5. The summed E-state index contributed by atoms with van der Waals surface area (Å²) in [5, 5.41) is 0. The molecule has 1 aromatic carbocycles. The SMILES string of the molecule is Cc1cc(C)c(C2CC(=O)CC(=O)C2)cc1C. The van der Waals surface area contributed by atoms with Gasteiger partial charge in [0.1, 0.15) is 11.6 Å². The Morgan fingerprint density at radius 1 is 0.882 bits per heavy atom. The lowest BCUT2D eigenvalue weighted by Crippen LogP contribution is -2.22. The number of aryl methyl sites for hydroxylation is 3. The van der Waals surface area contributed by atoms with Gasteiger partial charge in [-0.1, -0.05) is 12.1 Å². The molecule has 90 valence electrons. The van der Waals surface area contributed by atoms with Gasteiger partial charge in [-0.2, -0.15) is 0 Å². The smallest absolute Gasteiger partial charge is 0.140 e. The van der Waals surface area contributed by atoms with Crippen LogP contribution in [-0.4, -0.2) is 11.6 Å². The Hall–Kier alpha value is -1.44. The van der Waals surface area contributed by atoms with Crippen molar-refractivity contribution in [2.45, 2.75) is 46.0 Å². The van der Waals surface area contributed by atoms with E-state index in [4.69, 9.17) is 0 Å². The van der Waals surface area contributed by atoms with Crippen LogP contribution in [0.1, 0.15) is 47.4 Å². The summed E-state index contributed by atoms with van der Waals surface area (Å²) in [5.41, 5.74) is 4.87. The Bertz CT molecular complexity index is 470. The predicted octanol–water partition coefficient (Wildman–Crippen LogP) is 3.02. The van der Waals surface area contributed by atoms with Gasteiger partial charge < -0.3 is 0 Å². The van der Waals surface area contributed by atoms with Crippen LogP contribution in [0.5, 0.6) is 0 Å². The summed E-state index contributed by atoms with van der Waals surface area (Å²) in [4.78, 5) is 23.0. The molecule has 0 bridgehead atoms. The lowest BCUT2D eigenvalue weighted by molar-refractivity contribution is -0.130. The molecular weight excluding hydrogens is 212 g/mol. The number of hydrogen-bond acceptors (Lipinski definition) is 2. The van der Waals surface area contributed by atoms with Gasteiger partial charge in [0.15, 0.2) is 0 Å².